The Labute approximate surface area is 201 Å². The molecule has 3 aromatic rings. The van der Waals surface area contributed by atoms with Crippen molar-refractivity contribution in [2.24, 2.45) is 7.05 Å². The summed E-state index contributed by atoms with van der Waals surface area (Å²) in [5.41, 5.74) is 0.981. The van der Waals surface area contributed by atoms with Crippen molar-refractivity contribution in [2.75, 3.05) is 38.2 Å². The number of methoxy groups -OCH3 is 1. The number of aromatic nitrogens is 5. The van der Waals surface area contributed by atoms with Gasteiger partial charge in [0.25, 0.3) is 0 Å². The lowest BCUT2D eigenvalue weighted by molar-refractivity contribution is 0.107. The fourth-order valence-electron chi connectivity index (χ4n) is 4.95. The van der Waals surface area contributed by atoms with Crippen molar-refractivity contribution in [2.45, 2.75) is 38.0 Å². The number of pyridine rings is 1. The lowest BCUT2D eigenvalue weighted by atomic mass is 10.0. The number of nitrogens with zero attached hydrogens (tertiary/aromatic N) is 7. The molecule has 2 saturated heterocycles. The predicted molar refractivity (Wildman–Crippen MR) is 129 cm³/mol. The largest absolute Gasteiger partial charge is 0.380 e. The summed E-state index contributed by atoms with van der Waals surface area (Å²) in [7, 11) is 3.33. The Balaban J connectivity index is 1.29. The summed E-state index contributed by atoms with van der Waals surface area (Å²) in [6, 6.07) is 1.54. The molecule has 0 spiro atoms. The Bertz CT molecular complexity index is 1300. The van der Waals surface area contributed by atoms with Gasteiger partial charge in [-0.2, -0.15) is 0 Å². The van der Waals surface area contributed by atoms with Crippen LogP contribution in [0.15, 0.2) is 34.2 Å². The first-order valence-electron chi connectivity index (χ1n) is 11.5. The molecule has 3 aromatic heterocycles. The highest BCUT2D eigenvalue weighted by Crippen LogP contribution is 2.26. The molecule has 10 nitrogen and oxygen atoms in total. The Kier molecular flexibility index (Phi) is 6.37. The van der Waals surface area contributed by atoms with E-state index in [1.165, 1.54) is 10.8 Å². The molecule has 180 valence electrons. The van der Waals surface area contributed by atoms with Crippen LogP contribution in [-0.4, -0.2) is 68.4 Å². The van der Waals surface area contributed by atoms with Crippen LogP contribution < -0.4 is 16.0 Å². The van der Waals surface area contributed by atoms with E-state index in [0.29, 0.717) is 54.2 Å². The van der Waals surface area contributed by atoms with Crippen LogP contribution in [0.4, 0.5) is 5.95 Å². The fourth-order valence-corrected chi connectivity index (χ4v) is 5.11. The van der Waals surface area contributed by atoms with Crippen LogP contribution in [0.1, 0.15) is 30.9 Å². The zero-order valence-electron chi connectivity index (χ0n) is 19.4. The first kappa shape index (κ1) is 22.9. The third-order valence-corrected chi connectivity index (χ3v) is 7.09. The van der Waals surface area contributed by atoms with E-state index < -0.39 is 11.1 Å². The smallest absolute Gasteiger partial charge is 0.318 e. The summed E-state index contributed by atoms with van der Waals surface area (Å²) in [4.78, 5) is 43.5. The molecule has 0 aromatic carbocycles. The predicted octanol–water partition coefficient (Wildman–Crippen LogP) is 1.60. The van der Waals surface area contributed by atoms with Crippen LogP contribution in [0.2, 0.25) is 5.02 Å². The molecule has 34 heavy (non-hydrogen) atoms. The number of fused-ring (bicyclic) bond motifs is 1. The van der Waals surface area contributed by atoms with Crippen LogP contribution in [0.5, 0.6) is 0 Å². The fraction of sp³-hybridized carbons (Fsp3) is 0.522. The molecule has 5 heterocycles. The third kappa shape index (κ3) is 4.33. The number of piperidine rings is 1. The van der Waals surface area contributed by atoms with Gasteiger partial charge < -0.3 is 14.2 Å². The maximum Gasteiger partial charge on any atom is 0.318 e. The number of likely N-dealkylation sites (tertiary alicyclic amines) is 1. The highest BCUT2D eigenvalue weighted by Gasteiger charge is 2.27. The van der Waals surface area contributed by atoms with Gasteiger partial charge in [0.1, 0.15) is 0 Å². The van der Waals surface area contributed by atoms with Crippen LogP contribution in [-0.2, 0) is 18.3 Å². The normalized spacial score (nSPS) is 19.9. The van der Waals surface area contributed by atoms with Crippen molar-refractivity contribution in [3.63, 3.8) is 0 Å². The minimum Gasteiger partial charge on any atom is -0.380 e. The maximum atomic E-state index is 12.9. The van der Waals surface area contributed by atoms with Gasteiger partial charge in [0, 0.05) is 77.1 Å². The van der Waals surface area contributed by atoms with E-state index in [0.717, 1.165) is 31.6 Å². The average molecular weight is 486 g/mol. The molecule has 11 heteroatoms. The topological polar surface area (TPSA) is 98.4 Å². The van der Waals surface area contributed by atoms with E-state index in [9.17, 15) is 9.59 Å². The quantitative estimate of drug-likeness (QED) is 0.502. The molecule has 0 bridgehead atoms. The van der Waals surface area contributed by atoms with Crippen LogP contribution in [0.25, 0.3) is 11.2 Å². The summed E-state index contributed by atoms with van der Waals surface area (Å²) in [6.45, 7) is 4.14. The van der Waals surface area contributed by atoms with Gasteiger partial charge in [-0.25, -0.2) is 15.0 Å². The van der Waals surface area contributed by atoms with Crippen molar-refractivity contribution >= 4 is 28.7 Å². The van der Waals surface area contributed by atoms with Gasteiger partial charge >= 0.3 is 11.1 Å². The minimum absolute atomic E-state index is 0.128. The summed E-state index contributed by atoms with van der Waals surface area (Å²) in [5, 5.41) is 0.423. The van der Waals surface area contributed by atoms with Gasteiger partial charge in [-0.1, -0.05) is 11.6 Å². The van der Waals surface area contributed by atoms with Gasteiger partial charge in [0.15, 0.2) is 5.65 Å². The number of aryl methyl sites for hydroxylation is 1. The highest BCUT2D eigenvalue weighted by atomic mass is 35.5. The zero-order valence-corrected chi connectivity index (χ0v) is 20.1. The van der Waals surface area contributed by atoms with Crippen molar-refractivity contribution < 1.29 is 4.74 Å². The molecule has 0 aliphatic carbocycles. The van der Waals surface area contributed by atoms with E-state index >= 15 is 0 Å². The lowest BCUT2D eigenvalue weighted by Gasteiger charge is -2.33. The van der Waals surface area contributed by atoms with Crippen molar-refractivity contribution in [1.29, 1.82) is 0 Å². The molecule has 0 saturated carbocycles. The molecule has 1 atom stereocenters. The minimum atomic E-state index is -0.576. The van der Waals surface area contributed by atoms with Crippen LogP contribution in [0, 0.1) is 0 Å². The van der Waals surface area contributed by atoms with E-state index in [2.05, 4.69) is 24.8 Å². The molecule has 5 rings (SSSR count). The molecule has 2 aliphatic rings. The Morgan fingerprint density at radius 3 is 2.44 bits per heavy atom. The molecular formula is C23H28ClN7O3. The number of anilines is 1. The van der Waals surface area contributed by atoms with E-state index in [1.54, 1.807) is 24.8 Å². The summed E-state index contributed by atoms with van der Waals surface area (Å²) in [5.74, 6) is 0.685. The Morgan fingerprint density at radius 2 is 1.76 bits per heavy atom. The van der Waals surface area contributed by atoms with Gasteiger partial charge in [-0.3, -0.25) is 19.1 Å². The lowest BCUT2D eigenvalue weighted by Crippen LogP contribution is -2.45. The molecule has 2 fully saturated rings. The summed E-state index contributed by atoms with van der Waals surface area (Å²) >= 11 is 6.09. The van der Waals surface area contributed by atoms with E-state index in [1.807, 2.05) is 12.4 Å². The van der Waals surface area contributed by atoms with Crippen molar-refractivity contribution in [3.05, 3.63) is 56.0 Å². The number of rotatable bonds is 5. The van der Waals surface area contributed by atoms with Gasteiger partial charge in [0.2, 0.25) is 5.95 Å². The molecule has 0 N–H and O–H groups in total. The first-order valence-corrected chi connectivity index (χ1v) is 11.9. The SMILES string of the molecule is COC1CCN(Cc2cnc(N3CCC(n4c(=O)c(=O)n(C)c5cc(Cl)cnc54)CC3)nc2)C1. The number of hydrogen-bond donors (Lipinski definition) is 0. The first-order chi connectivity index (χ1) is 16.4. The average Bonchev–Trinajstić information content (AvgIpc) is 3.32. The standard InChI is InChI=1S/C23H28ClN7O3/c1-28-19-9-16(24)12-25-20(19)31(22(33)21(28)32)17-3-7-30(8-4-17)23-26-10-15(11-27-23)13-29-6-5-18(14-29)34-2/h9-12,17-18H,3-8,13-14H2,1-2H3. The second-order valence-electron chi connectivity index (χ2n) is 9.03. The van der Waals surface area contributed by atoms with Gasteiger partial charge in [-0.05, 0) is 25.3 Å². The van der Waals surface area contributed by atoms with Gasteiger partial charge in [-0.15, -0.1) is 0 Å². The molecular weight excluding hydrogens is 458 g/mol. The second kappa shape index (κ2) is 9.44. The Morgan fingerprint density at radius 1 is 1.03 bits per heavy atom. The van der Waals surface area contributed by atoms with E-state index in [4.69, 9.17) is 16.3 Å². The molecule has 1 unspecified atom stereocenters. The summed E-state index contributed by atoms with van der Waals surface area (Å²) in [6.07, 6.45) is 8.02. The second-order valence-corrected chi connectivity index (χ2v) is 9.46. The maximum absolute atomic E-state index is 12.9. The monoisotopic (exact) mass is 485 g/mol. The third-order valence-electron chi connectivity index (χ3n) is 6.88. The van der Waals surface area contributed by atoms with Crippen molar-refractivity contribution in [3.8, 4) is 0 Å². The van der Waals surface area contributed by atoms with Crippen LogP contribution >= 0.6 is 11.6 Å². The molecule has 0 amide bonds. The molecule has 2 aliphatic heterocycles. The van der Waals surface area contributed by atoms with E-state index in [-0.39, 0.29) is 6.04 Å². The van der Waals surface area contributed by atoms with Crippen molar-refractivity contribution in [1.82, 2.24) is 29.0 Å². The highest BCUT2D eigenvalue weighted by molar-refractivity contribution is 6.31. The Hall–Kier alpha value is -2.82. The molecule has 0 radical (unpaired) electrons. The number of hydrogen-bond acceptors (Lipinski definition) is 8. The number of halogens is 1. The summed E-state index contributed by atoms with van der Waals surface area (Å²) < 4.78 is 8.29. The van der Waals surface area contributed by atoms with Gasteiger partial charge in [0.05, 0.1) is 16.6 Å². The zero-order chi connectivity index (χ0) is 23.8. The number of ether oxygens (including phenoxy) is 1. The van der Waals surface area contributed by atoms with Crippen LogP contribution in [0.3, 0.4) is 0 Å².